The number of H-pyrrole nitrogens is 1. The predicted octanol–water partition coefficient (Wildman–Crippen LogP) is 2.22. The molecule has 10 nitrogen and oxygen atoms in total. The first kappa shape index (κ1) is 23.2. The minimum absolute atomic E-state index is 0.0637. The molecular weight excluding hydrogens is 464 g/mol. The van der Waals surface area contributed by atoms with Crippen LogP contribution in [0.1, 0.15) is 29.3 Å². The van der Waals surface area contributed by atoms with Gasteiger partial charge >= 0.3 is 11.9 Å². The van der Waals surface area contributed by atoms with E-state index in [4.69, 9.17) is 19.9 Å². The van der Waals surface area contributed by atoms with Crippen molar-refractivity contribution in [1.29, 1.82) is 0 Å². The van der Waals surface area contributed by atoms with Gasteiger partial charge in [-0.25, -0.2) is 4.79 Å². The fourth-order valence-electron chi connectivity index (χ4n) is 4.85. The van der Waals surface area contributed by atoms with Gasteiger partial charge < -0.3 is 19.9 Å². The number of aromatic nitrogens is 2. The summed E-state index contributed by atoms with van der Waals surface area (Å²) in [5.41, 5.74) is 6.93. The van der Waals surface area contributed by atoms with Crippen molar-refractivity contribution in [1.82, 2.24) is 10.2 Å². The van der Waals surface area contributed by atoms with Gasteiger partial charge in [0.25, 0.3) is 0 Å². The monoisotopic (exact) mass is 488 g/mol. The highest BCUT2D eigenvalue weighted by Crippen LogP contribution is 2.55. The van der Waals surface area contributed by atoms with E-state index < -0.39 is 23.3 Å². The molecule has 3 heterocycles. The van der Waals surface area contributed by atoms with Gasteiger partial charge in [-0.2, -0.15) is 0 Å². The smallest absolute Gasteiger partial charge is 0.341 e. The molecule has 1 amide bonds. The summed E-state index contributed by atoms with van der Waals surface area (Å²) in [6.07, 6.45) is 0. The number of amides is 1. The molecule has 0 bridgehead atoms. The maximum Gasteiger partial charge on any atom is 0.341 e. The van der Waals surface area contributed by atoms with E-state index in [1.54, 1.807) is 38.1 Å². The molecule has 184 valence electrons. The van der Waals surface area contributed by atoms with E-state index in [9.17, 15) is 14.4 Å². The number of carbonyl (C=O) groups excluding carboxylic acids is 3. The molecule has 0 unspecified atom stereocenters. The lowest BCUT2D eigenvalue weighted by molar-refractivity contribution is -0.144. The summed E-state index contributed by atoms with van der Waals surface area (Å²) in [5, 5.41) is 6.96. The summed E-state index contributed by atoms with van der Waals surface area (Å²) in [5.74, 6) is -2.16. The Morgan fingerprint density at radius 1 is 1.11 bits per heavy atom. The molecule has 1 spiro atoms. The van der Waals surface area contributed by atoms with Gasteiger partial charge in [-0.1, -0.05) is 48.5 Å². The van der Waals surface area contributed by atoms with Crippen molar-refractivity contribution >= 4 is 23.5 Å². The Balaban J connectivity index is 1.60. The molecule has 3 N–H and O–H groups in total. The maximum atomic E-state index is 14.4. The number of aromatic amines is 1. The van der Waals surface area contributed by atoms with E-state index in [2.05, 4.69) is 10.2 Å². The zero-order chi connectivity index (χ0) is 25.4. The molecule has 0 saturated heterocycles. The highest BCUT2D eigenvalue weighted by molar-refractivity contribution is 6.19. The molecule has 2 aliphatic rings. The number of anilines is 1. The second-order valence-electron chi connectivity index (χ2n) is 8.40. The largest absolute Gasteiger partial charge is 0.462 e. The first-order valence-electron chi connectivity index (χ1n) is 11.4. The maximum absolute atomic E-state index is 14.4. The number of esters is 2. The van der Waals surface area contributed by atoms with Crippen LogP contribution in [0.5, 0.6) is 5.88 Å². The van der Waals surface area contributed by atoms with E-state index in [1.165, 1.54) is 4.90 Å². The molecule has 0 aliphatic carbocycles. The number of nitrogens with one attached hydrogen (secondary N) is 1. The van der Waals surface area contributed by atoms with Crippen LogP contribution in [0, 0.1) is 6.92 Å². The fourth-order valence-corrected chi connectivity index (χ4v) is 4.85. The number of ether oxygens (including phenoxy) is 3. The summed E-state index contributed by atoms with van der Waals surface area (Å²) >= 11 is 0. The van der Waals surface area contributed by atoms with Crippen LogP contribution in [0.4, 0.5) is 5.69 Å². The van der Waals surface area contributed by atoms with Crippen molar-refractivity contribution < 1.29 is 28.6 Å². The quantitative estimate of drug-likeness (QED) is 0.504. The summed E-state index contributed by atoms with van der Waals surface area (Å²) in [6, 6.07) is 16.1. The van der Waals surface area contributed by atoms with Crippen LogP contribution in [-0.2, 0) is 35.9 Å². The third-order valence-electron chi connectivity index (χ3n) is 6.29. The predicted molar refractivity (Wildman–Crippen MR) is 128 cm³/mol. The van der Waals surface area contributed by atoms with Crippen LogP contribution in [0.2, 0.25) is 0 Å². The summed E-state index contributed by atoms with van der Waals surface area (Å²) in [6.45, 7) is 3.13. The fraction of sp³-hybridized carbons (Fsp3) is 0.231. The van der Waals surface area contributed by atoms with Gasteiger partial charge in [-0.3, -0.25) is 19.6 Å². The summed E-state index contributed by atoms with van der Waals surface area (Å²) in [4.78, 5) is 41.7. The van der Waals surface area contributed by atoms with E-state index in [0.717, 1.165) is 5.56 Å². The Morgan fingerprint density at radius 2 is 1.83 bits per heavy atom. The minimum atomic E-state index is -1.71. The Bertz CT molecular complexity index is 1400. The van der Waals surface area contributed by atoms with E-state index >= 15 is 0 Å². The molecule has 0 saturated carbocycles. The van der Waals surface area contributed by atoms with Crippen molar-refractivity contribution in [3.8, 4) is 5.88 Å². The van der Waals surface area contributed by atoms with E-state index in [0.29, 0.717) is 22.5 Å². The molecule has 36 heavy (non-hydrogen) atoms. The van der Waals surface area contributed by atoms with Crippen molar-refractivity contribution in [2.45, 2.75) is 25.9 Å². The lowest BCUT2D eigenvalue weighted by atomic mass is 9.68. The molecule has 0 fully saturated rings. The van der Waals surface area contributed by atoms with Crippen LogP contribution >= 0.6 is 0 Å². The lowest BCUT2D eigenvalue weighted by Gasteiger charge is -2.34. The van der Waals surface area contributed by atoms with Gasteiger partial charge in [0, 0.05) is 16.9 Å². The Kier molecular flexibility index (Phi) is 5.71. The average Bonchev–Trinajstić information content (AvgIpc) is 3.35. The third-order valence-corrected chi connectivity index (χ3v) is 6.29. The van der Waals surface area contributed by atoms with E-state index in [-0.39, 0.29) is 37.1 Å². The number of hydrogen-bond donors (Lipinski definition) is 2. The first-order valence-corrected chi connectivity index (χ1v) is 11.4. The first-order chi connectivity index (χ1) is 17.4. The second kappa shape index (κ2) is 8.88. The van der Waals surface area contributed by atoms with Crippen molar-refractivity contribution in [2.75, 3.05) is 18.1 Å². The van der Waals surface area contributed by atoms with Crippen molar-refractivity contribution in [2.24, 2.45) is 5.73 Å². The second-order valence-corrected chi connectivity index (χ2v) is 8.40. The molecule has 0 radical (unpaired) electrons. The Morgan fingerprint density at radius 3 is 2.58 bits per heavy atom. The zero-order valence-corrected chi connectivity index (χ0v) is 19.7. The molecule has 5 rings (SSSR count). The third kappa shape index (κ3) is 3.41. The average molecular weight is 489 g/mol. The number of para-hydroxylation sites is 1. The standard InChI is InChI=1S/C26H24N4O6/c1-3-34-24(32)21-22(27)36-23-20(15(2)28-29-23)26(21)17-11-7-8-12-18(17)30(25(26)33)13-19(31)35-14-16-9-5-4-6-10-16/h4-12H,3,13-14,27H2,1-2H3,(H,28,29)/t26-/m1/s1. The number of aryl methyl sites for hydroxylation is 1. The van der Waals surface area contributed by atoms with Gasteiger partial charge in [0.1, 0.15) is 24.1 Å². The van der Waals surface area contributed by atoms with Gasteiger partial charge in [-0.05, 0) is 25.5 Å². The highest BCUT2D eigenvalue weighted by atomic mass is 16.5. The Hall–Kier alpha value is -4.60. The van der Waals surface area contributed by atoms with Crippen LogP contribution in [0.15, 0.2) is 66.1 Å². The number of carbonyl (C=O) groups is 3. The van der Waals surface area contributed by atoms with Gasteiger partial charge in [-0.15, -0.1) is 5.10 Å². The molecule has 2 aromatic carbocycles. The Labute approximate surface area is 206 Å². The molecule has 3 aromatic rings. The number of hydrogen-bond acceptors (Lipinski definition) is 8. The number of nitrogens with two attached hydrogens (primary N) is 1. The summed E-state index contributed by atoms with van der Waals surface area (Å²) in [7, 11) is 0. The normalized spacial score (nSPS) is 18.1. The van der Waals surface area contributed by atoms with Crippen molar-refractivity contribution in [3.05, 3.63) is 88.4 Å². The van der Waals surface area contributed by atoms with Crippen LogP contribution < -0.4 is 15.4 Å². The van der Waals surface area contributed by atoms with Gasteiger partial charge in [0.2, 0.25) is 17.7 Å². The summed E-state index contributed by atoms with van der Waals surface area (Å²) < 4.78 is 16.4. The minimum Gasteiger partial charge on any atom is -0.462 e. The zero-order valence-electron chi connectivity index (χ0n) is 19.7. The molecular formula is C26H24N4O6. The molecule has 1 aromatic heterocycles. The number of benzene rings is 2. The van der Waals surface area contributed by atoms with Gasteiger partial charge in [0.05, 0.1) is 12.2 Å². The molecule has 2 aliphatic heterocycles. The van der Waals surface area contributed by atoms with Crippen LogP contribution in [0.25, 0.3) is 0 Å². The SMILES string of the molecule is CCOC(=O)C1=C(N)Oc2n[nH]c(C)c2[C@@]12C(=O)N(CC(=O)OCc1ccccc1)c1ccccc12. The van der Waals surface area contributed by atoms with Crippen LogP contribution in [0.3, 0.4) is 0 Å². The highest BCUT2D eigenvalue weighted by Gasteiger charge is 2.62. The lowest BCUT2D eigenvalue weighted by Crippen LogP contribution is -2.49. The van der Waals surface area contributed by atoms with Crippen LogP contribution in [-0.4, -0.2) is 41.2 Å². The van der Waals surface area contributed by atoms with Gasteiger partial charge in [0.15, 0.2) is 0 Å². The number of rotatable bonds is 6. The molecule has 1 atom stereocenters. The molecule has 10 heteroatoms. The topological polar surface area (TPSA) is 137 Å². The number of nitrogens with zero attached hydrogens (tertiary/aromatic N) is 2. The number of fused-ring (bicyclic) bond motifs is 4. The van der Waals surface area contributed by atoms with E-state index in [1.807, 2.05) is 30.3 Å². The van der Waals surface area contributed by atoms with Crippen molar-refractivity contribution in [3.63, 3.8) is 0 Å².